The molecule has 2 heterocycles. The van der Waals surface area contributed by atoms with Crippen LogP contribution in [0.2, 0.25) is 0 Å². The fourth-order valence-corrected chi connectivity index (χ4v) is 1.64. The van der Waals surface area contributed by atoms with E-state index in [9.17, 15) is 0 Å². The lowest BCUT2D eigenvalue weighted by molar-refractivity contribution is 0.296. The van der Waals surface area contributed by atoms with E-state index in [1.54, 1.807) is 0 Å². The monoisotopic (exact) mass is 194 g/mol. The molecule has 0 amide bonds. The lowest BCUT2D eigenvalue weighted by Gasteiger charge is -2.31. The minimum Gasteiger partial charge on any atom is -0.316 e. The highest BCUT2D eigenvalue weighted by Crippen LogP contribution is 2.24. The van der Waals surface area contributed by atoms with Gasteiger partial charge in [0.2, 0.25) is 0 Å². The fourth-order valence-electron chi connectivity index (χ4n) is 1.64. The van der Waals surface area contributed by atoms with E-state index < -0.39 is 0 Å². The average molecular weight is 194 g/mol. The zero-order valence-electron chi connectivity index (χ0n) is 9.04. The summed E-state index contributed by atoms with van der Waals surface area (Å²) in [4.78, 5) is 4.52. The van der Waals surface area contributed by atoms with Crippen LogP contribution in [0.3, 0.4) is 0 Å². The van der Waals surface area contributed by atoms with E-state index in [1.165, 1.54) is 0 Å². The van der Waals surface area contributed by atoms with Gasteiger partial charge in [0.15, 0.2) is 5.82 Å². The molecule has 1 aliphatic rings. The van der Waals surface area contributed by atoms with Crippen LogP contribution in [0.5, 0.6) is 0 Å². The van der Waals surface area contributed by atoms with Gasteiger partial charge in [0, 0.05) is 11.8 Å². The maximum absolute atomic E-state index is 4.52. The van der Waals surface area contributed by atoms with Gasteiger partial charge in [-0.3, -0.25) is 5.10 Å². The summed E-state index contributed by atoms with van der Waals surface area (Å²) < 4.78 is 0. The van der Waals surface area contributed by atoms with Crippen LogP contribution in [0.4, 0.5) is 0 Å². The predicted molar refractivity (Wildman–Crippen MR) is 55.2 cm³/mol. The first-order chi connectivity index (χ1) is 6.68. The number of H-pyrrole nitrogens is 1. The third-order valence-electron chi connectivity index (χ3n) is 2.99. The molecule has 2 rings (SSSR count). The second-order valence-corrected chi connectivity index (χ2v) is 4.44. The molecule has 14 heavy (non-hydrogen) atoms. The van der Waals surface area contributed by atoms with Crippen molar-refractivity contribution in [2.75, 3.05) is 13.1 Å². The number of aromatic amines is 1. The Morgan fingerprint density at radius 1 is 1.29 bits per heavy atom. The zero-order chi connectivity index (χ0) is 10.1. The van der Waals surface area contributed by atoms with Gasteiger partial charge in [0.05, 0.1) is 0 Å². The highest BCUT2D eigenvalue weighted by atomic mass is 15.2. The number of hydrogen-bond acceptors (Lipinski definition) is 3. The minimum atomic E-state index is 0.409. The molecule has 1 aromatic heterocycles. The number of rotatable bonds is 3. The van der Waals surface area contributed by atoms with Crippen molar-refractivity contribution in [2.24, 2.45) is 5.92 Å². The Morgan fingerprint density at radius 2 is 2.00 bits per heavy atom. The van der Waals surface area contributed by atoms with Crippen LogP contribution < -0.4 is 5.32 Å². The van der Waals surface area contributed by atoms with Gasteiger partial charge >= 0.3 is 0 Å². The van der Waals surface area contributed by atoms with Crippen molar-refractivity contribution in [3.05, 3.63) is 11.6 Å². The van der Waals surface area contributed by atoms with Gasteiger partial charge < -0.3 is 5.32 Å². The van der Waals surface area contributed by atoms with Gasteiger partial charge in [-0.15, -0.1) is 0 Å². The molecular formula is C10H18N4. The molecular weight excluding hydrogens is 176 g/mol. The van der Waals surface area contributed by atoms with Crippen LogP contribution in [0.15, 0.2) is 0 Å². The normalized spacial score (nSPS) is 19.7. The summed E-state index contributed by atoms with van der Waals surface area (Å²) in [6.07, 6.45) is 0. The quantitative estimate of drug-likeness (QED) is 0.761. The molecule has 0 radical (unpaired) electrons. The van der Waals surface area contributed by atoms with Crippen molar-refractivity contribution in [1.29, 1.82) is 0 Å². The first kappa shape index (κ1) is 9.65. The molecule has 4 heteroatoms. The van der Waals surface area contributed by atoms with Gasteiger partial charge in [0.25, 0.3) is 0 Å². The molecule has 1 fully saturated rings. The van der Waals surface area contributed by atoms with Crippen LogP contribution in [0.1, 0.15) is 44.3 Å². The minimum absolute atomic E-state index is 0.409. The van der Waals surface area contributed by atoms with E-state index in [-0.39, 0.29) is 0 Å². The summed E-state index contributed by atoms with van der Waals surface area (Å²) in [5, 5.41) is 10.5. The van der Waals surface area contributed by atoms with E-state index in [2.05, 4.69) is 41.3 Å². The van der Waals surface area contributed by atoms with Crippen molar-refractivity contribution >= 4 is 0 Å². The van der Waals surface area contributed by atoms with E-state index >= 15 is 0 Å². The molecule has 0 aromatic carbocycles. The summed E-state index contributed by atoms with van der Waals surface area (Å²) in [5.74, 6) is 3.60. The van der Waals surface area contributed by atoms with E-state index in [4.69, 9.17) is 0 Å². The van der Waals surface area contributed by atoms with E-state index in [1.807, 2.05) is 0 Å². The maximum Gasteiger partial charge on any atom is 0.153 e. The molecule has 0 aliphatic carbocycles. The van der Waals surface area contributed by atoms with Crippen LogP contribution in [-0.4, -0.2) is 28.3 Å². The lowest BCUT2D eigenvalue weighted by atomic mass is 9.88. The number of nitrogens with one attached hydrogen (secondary N) is 2. The Hall–Kier alpha value is -0.900. The van der Waals surface area contributed by atoms with Gasteiger partial charge in [-0.1, -0.05) is 20.8 Å². The van der Waals surface area contributed by atoms with Crippen LogP contribution >= 0.6 is 0 Å². The van der Waals surface area contributed by atoms with E-state index in [0.717, 1.165) is 30.7 Å². The Kier molecular flexibility index (Phi) is 2.54. The standard InChI is InChI=1S/C10H18N4/c1-6(2)9-12-10(14-13-9)7(3)8-4-11-5-8/h6-8,11H,4-5H2,1-3H3,(H,12,13,14). The molecule has 4 nitrogen and oxygen atoms in total. The van der Waals surface area contributed by atoms with Gasteiger partial charge in [-0.05, 0) is 19.0 Å². The second kappa shape index (κ2) is 3.69. The summed E-state index contributed by atoms with van der Waals surface area (Å²) in [5.41, 5.74) is 0. The van der Waals surface area contributed by atoms with E-state index in [0.29, 0.717) is 11.8 Å². The number of nitrogens with zero attached hydrogens (tertiary/aromatic N) is 2. The van der Waals surface area contributed by atoms with Crippen molar-refractivity contribution in [3.63, 3.8) is 0 Å². The predicted octanol–water partition coefficient (Wildman–Crippen LogP) is 1.25. The van der Waals surface area contributed by atoms with Crippen molar-refractivity contribution in [1.82, 2.24) is 20.5 Å². The fraction of sp³-hybridized carbons (Fsp3) is 0.800. The Labute approximate surface area is 84.5 Å². The summed E-state index contributed by atoms with van der Waals surface area (Å²) >= 11 is 0. The topological polar surface area (TPSA) is 53.6 Å². The molecule has 1 unspecified atom stereocenters. The number of aromatic nitrogens is 3. The second-order valence-electron chi connectivity index (χ2n) is 4.44. The van der Waals surface area contributed by atoms with Crippen molar-refractivity contribution in [3.8, 4) is 0 Å². The summed E-state index contributed by atoms with van der Waals surface area (Å²) in [7, 11) is 0. The average Bonchev–Trinajstić information content (AvgIpc) is 2.48. The Morgan fingerprint density at radius 3 is 2.43 bits per heavy atom. The number of hydrogen-bond donors (Lipinski definition) is 2. The first-order valence-electron chi connectivity index (χ1n) is 5.31. The third kappa shape index (κ3) is 1.66. The highest BCUT2D eigenvalue weighted by Gasteiger charge is 2.27. The van der Waals surface area contributed by atoms with Gasteiger partial charge in [-0.2, -0.15) is 5.10 Å². The molecule has 1 aliphatic heterocycles. The largest absolute Gasteiger partial charge is 0.316 e. The highest BCUT2D eigenvalue weighted by molar-refractivity contribution is 5.03. The third-order valence-corrected chi connectivity index (χ3v) is 2.99. The molecule has 0 bridgehead atoms. The molecule has 0 saturated carbocycles. The smallest absolute Gasteiger partial charge is 0.153 e. The van der Waals surface area contributed by atoms with Crippen LogP contribution in [0, 0.1) is 5.92 Å². The van der Waals surface area contributed by atoms with Crippen molar-refractivity contribution < 1.29 is 0 Å². The molecule has 78 valence electrons. The zero-order valence-corrected chi connectivity index (χ0v) is 9.04. The van der Waals surface area contributed by atoms with Crippen LogP contribution in [-0.2, 0) is 0 Å². The summed E-state index contributed by atoms with van der Waals surface area (Å²) in [6.45, 7) is 8.67. The van der Waals surface area contributed by atoms with Crippen LogP contribution in [0.25, 0.3) is 0 Å². The summed E-state index contributed by atoms with van der Waals surface area (Å²) in [6, 6.07) is 0. The first-order valence-corrected chi connectivity index (χ1v) is 5.31. The molecule has 1 saturated heterocycles. The Bertz CT molecular complexity index is 301. The maximum atomic E-state index is 4.52. The Balaban J connectivity index is 2.07. The molecule has 1 aromatic rings. The lowest BCUT2D eigenvalue weighted by Crippen LogP contribution is -2.44. The molecule has 0 spiro atoms. The van der Waals surface area contributed by atoms with Gasteiger partial charge in [0.1, 0.15) is 5.82 Å². The molecule has 1 atom stereocenters. The van der Waals surface area contributed by atoms with Gasteiger partial charge in [-0.25, -0.2) is 4.98 Å². The molecule has 2 N–H and O–H groups in total. The SMILES string of the molecule is CC(C)c1n[nH]c(C(C)C2CNC2)n1. The van der Waals surface area contributed by atoms with Crippen molar-refractivity contribution in [2.45, 2.75) is 32.6 Å².